The number of carboxylic acid groups (broad SMARTS) is 1. The molecule has 4 unspecified atom stereocenters. The van der Waals surface area contributed by atoms with E-state index in [1.807, 2.05) is 80.6 Å². The summed E-state index contributed by atoms with van der Waals surface area (Å²) in [5.41, 5.74) is 6.68. The number of likely N-dealkylation sites (tertiary alicyclic amines) is 2. The van der Waals surface area contributed by atoms with E-state index < -0.39 is 29.6 Å². The van der Waals surface area contributed by atoms with Gasteiger partial charge in [-0.2, -0.15) is 13.2 Å². The Hall–Kier alpha value is -5.71. The second-order valence-electron chi connectivity index (χ2n) is 16.5. The Morgan fingerprint density at radius 3 is 2.24 bits per heavy atom. The molecule has 14 nitrogen and oxygen atoms in total. The van der Waals surface area contributed by atoms with Gasteiger partial charge in [0.25, 0.3) is 0 Å². The van der Waals surface area contributed by atoms with Crippen molar-refractivity contribution in [3.63, 3.8) is 0 Å². The van der Waals surface area contributed by atoms with Gasteiger partial charge in [-0.1, -0.05) is 79.2 Å². The first-order chi connectivity index (χ1) is 30.0. The molecule has 2 aliphatic rings. The predicted octanol–water partition coefficient (Wildman–Crippen LogP) is 5.08. The largest absolute Gasteiger partial charge is 0.490 e. The molecule has 4 atom stereocenters. The van der Waals surface area contributed by atoms with Gasteiger partial charge in [0, 0.05) is 64.1 Å². The molecule has 0 radical (unpaired) electrons. The van der Waals surface area contributed by atoms with Crippen molar-refractivity contribution in [1.82, 2.24) is 31.1 Å². The summed E-state index contributed by atoms with van der Waals surface area (Å²) < 4.78 is 31.7. The average molecular weight is 882 g/mol. The molecule has 0 bridgehead atoms. The predicted molar refractivity (Wildman–Crippen MR) is 233 cm³/mol. The van der Waals surface area contributed by atoms with Gasteiger partial charge in [-0.05, 0) is 87.2 Å². The SMILES string of the molecule is CCNC(=O)C1(Cc2ccccc2)CCCN(C(=O)C(Cc2ccc3ccccc3c2)NC(=O)NC2CCCN(C(=O)CC(C)NC(=O)CCCCCN)C2)C1.O=C(O)C(F)(F)F. The van der Waals surface area contributed by atoms with E-state index in [4.69, 9.17) is 15.6 Å². The number of carboxylic acids is 1. The number of hydrogen-bond acceptors (Lipinski definition) is 7. The van der Waals surface area contributed by atoms with Crippen LogP contribution in [0, 0.1) is 5.41 Å². The molecule has 5 rings (SSSR count). The summed E-state index contributed by atoms with van der Waals surface area (Å²) in [4.78, 5) is 80.1. The molecular formula is C46H62F3N7O7. The van der Waals surface area contributed by atoms with Crippen molar-refractivity contribution in [3.05, 3.63) is 83.9 Å². The smallest absolute Gasteiger partial charge is 0.475 e. The molecule has 2 heterocycles. The average Bonchev–Trinajstić information content (AvgIpc) is 3.25. The van der Waals surface area contributed by atoms with Crippen LogP contribution in [0.15, 0.2) is 72.8 Å². The van der Waals surface area contributed by atoms with Crippen LogP contribution in [0.5, 0.6) is 0 Å². The Kier molecular flexibility index (Phi) is 19.2. The standard InChI is InChI=1S/C44H61N7O5.C2HF3O2/c1-3-46-42(55)44(29-33-14-6-4-7-15-33)22-13-25-51(31-44)41(54)38(28-34-20-21-35-16-9-10-17-36(35)27-34)49-43(56)48-37-18-12-24-50(30-37)40(53)26-32(2)47-39(52)19-8-5-11-23-45;3-2(4,5)1(6)7/h4,6-7,9-10,14-17,20-21,27,32,37-38H,3,5,8,11-13,18-19,22-26,28-31,45H2,1-2H3,(H,46,55)(H,47,52)(H2,48,49,56);(H,6,7). The van der Waals surface area contributed by atoms with Gasteiger partial charge in [-0.25, -0.2) is 9.59 Å². The zero-order chi connectivity index (χ0) is 46.0. The third-order valence-corrected chi connectivity index (χ3v) is 11.3. The number of nitrogens with two attached hydrogens (primary N) is 1. The number of urea groups is 1. The Balaban J connectivity index is 0.00000115. The molecule has 7 N–H and O–H groups in total. The summed E-state index contributed by atoms with van der Waals surface area (Å²) >= 11 is 0. The Morgan fingerprint density at radius 1 is 0.873 bits per heavy atom. The van der Waals surface area contributed by atoms with E-state index in [1.165, 1.54) is 0 Å². The summed E-state index contributed by atoms with van der Waals surface area (Å²) in [5, 5.41) is 21.3. The fraction of sp³-hybridized carbons (Fsp3) is 0.522. The van der Waals surface area contributed by atoms with Crippen molar-refractivity contribution in [2.24, 2.45) is 11.1 Å². The van der Waals surface area contributed by atoms with Crippen LogP contribution in [0.1, 0.15) is 82.8 Å². The van der Waals surface area contributed by atoms with Gasteiger partial charge in [0.05, 0.1) is 5.41 Å². The number of carbonyl (C=O) groups excluding carboxylic acids is 5. The van der Waals surface area contributed by atoms with Crippen LogP contribution in [0.4, 0.5) is 18.0 Å². The van der Waals surface area contributed by atoms with Gasteiger partial charge in [-0.3, -0.25) is 19.2 Å². The van der Waals surface area contributed by atoms with E-state index in [-0.39, 0.29) is 55.1 Å². The number of carbonyl (C=O) groups is 6. The van der Waals surface area contributed by atoms with Crippen molar-refractivity contribution >= 4 is 46.4 Å². The zero-order valence-corrected chi connectivity index (χ0v) is 36.2. The number of amides is 6. The molecular weight excluding hydrogens is 820 g/mol. The molecule has 2 aliphatic heterocycles. The molecule has 6 amide bonds. The molecule has 0 saturated carbocycles. The molecule has 0 aromatic heterocycles. The van der Waals surface area contributed by atoms with Gasteiger partial charge in [0.2, 0.25) is 23.6 Å². The third kappa shape index (κ3) is 15.9. The van der Waals surface area contributed by atoms with Crippen molar-refractivity contribution in [1.29, 1.82) is 0 Å². The van der Waals surface area contributed by atoms with Crippen molar-refractivity contribution in [2.75, 3.05) is 39.3 Å². The molecule has 344 valence electrons. The van der Waals surface area contributed by atoms with Crippen LogP contribution in [-0.4, -0.2) is 114 Å². The summed E-state index contributed by atoms with van der Waals surface area (Å²) in [7, 11) is 0. The van der Waals surface area contributed by atoms with Gasteiger partial charge < -0.3 is 41.9 Å². The molecule has 3 aromatic carbocycles. The second-order valence-corrected chi connectivity index (χ2v) is 16.5. The Bertz CT molecular complexity index is 2000. The minimum atomic E-state index is -5.08. The number of piperidine rings is 2. The number of halogens is 3. The van der Waals surface area contributed by atoms with Gasteiger partial charge in [0.15, 0.2) is 0 Å². The number of alkyl halides is 3. The lowest BCUT2D eigenvalue weighted by Crippen LogP contribution is -2.60. The summed E-state index contributed by atoms with van der Waals surface area (Å²) in [6.45, 7) is 6.49. The van der Waals surface area contributed by atoms with E-state index in [1.54, 1.807) is 9.80 Å². The minimum Gasteiger partial charge on any atom is -0.475 e. The van der Waals surface area contributed by atoms with Gasteiger partial charge in [-0.15, -0.1) is 0 Å². The van der Waals surface area contributed by atoms with E-state index in [9.17, 15) is 37.1 Å². The number of nitrogens with zero attached hydrogens (tertiary/aromatic N) is 2. The maximum Gasteiger partial charge on any atom is 0.490 e. The summed E-state index contributed by atoms with van der Waals surface area (Å²) in [5.74, 6) is -3.20. The number of unbranched alkanes of at least 4 members (excludes halogenated alkanes) is 2. The topological polar surface area (TPSA) is 203 Å². The normalized spacial score (nSPS) is 18.5. The number of fused-ring (bicyclic) bond motifs is 1. The Labute approximate surface area is 366 Å². The Morgan fingerprint density at radius 2 is 1.56 bits per heavy atom. The van der Waals surface area contributed by atoms with E-state index in [2.05, 4.69) is 27.3 Å². The first-order valence-electron chi connectivity index (χ1n) is 21.8. The van der Waals surface area contributed by atoms with E-state index in [0.717, 1.165) is 47.6 Å². The first-order valence-corrected chi connectivity index (χ1v) is 21.8. The van der Waals surface area contributed by atoms with E-state index in [0.29, 0.717) is 64.8 Å². The third-order valence-electron chi connectivity index (χ3n) is 11.3. The highest BCUT2D eigenvalue weighted by atomic mass is 19.4. The number of hydrogen-bond donors (Lipinski definition) is 6. The number of aliphatic carboxylic acids is 1. The number of nitrogens with one attached hydrogen (secondary N) is 4. The van der Waals surface area contributed by atoms with Gasteiger partial charge >= 0.3 is 18.2 Å². The maximum absolute atomic E-state index is 14.6. The highest BCUT2D eigenvalue weighted by Crippen LogP contribution is 2.35. The van der Waals surface area contributed by atoms with Gasteiger partial charge in [0.1, 0.15) is 6.04 Å². The van der Waals surface area contributed by atoms with Crippen LogP contribution in [-0.2, 0) is 36.8 Å². The lowest BCUT2D eigenvalue weighted by atomic mass is 9.74. The summed E-state index contributed by atoms with van der Waals surface area (Å²) in [6, 6.07) is 22.0. The van der Waals surface area contributed by atoms with E-state index >= 15 is 0 Å². The van der Waals surface area contributed by atoms with Crippen molar-refractivity contribution < 1.29 is 47.0 Å². The lowest BCUT2D eigenvalue weighted by Gasteiger charge is -2.43. The zero-order valence-electron chi connectivity index (χ0n) is 36.2. The number of benzene rings is 3. The van der Waals surface area contributed by atoms with Crippen LogP contribution in [0.2, 0.25) is 0 Å². The molecule has 63 heavy (non-hydrogen) atoms. The van der Waals surface area contributed by atoms with Crippen LogP contribution in [0.25, 0.3) is 10.8 Å². The van der Waals surface area contributed by atoms with Crippen LogP contribution in [0.3, 0.4) is 0 Å². The number of rotatable bonds is 17. The molecule has 0 aliphatic carbocycles. The maximum atomic E-state index is 14.6. The minimum absolute atomic E-state index is 0.0652. The first kappa shape index (κ1) is 49.9. The van der Waals surface area contributed by atoms with Crippen molar-refractivity contribution in [3.8, 4) is 0 Å². The fourth-order valence-electron chi connectivity index (χ4n) is 8.19. The monoisotopic (exact) mass is 881 g/mol. The van der Waals surface area contributed by atoms with Crippen molar-refractivity contribution in [2.45, 2.75) is 109 Å². The highest BCUT2D eigenvalue weighted by molar-refractivity contribution is 5.90. The molecule has 3 aromatic rings. The molecule has 2 saturated heterocycles. The molecule has 2 fully saturated rings. The second kappa shape index (κ2) is 24.2. The molecule has 17 heteroatoms. The molecule has 0 spiro atoms. The van der Waals surface area contributed by atoms with Crippen LogP contribution >= 0.6 is 0 Å². The quantitative estimate of drug-likeness (QED) is 0.101. The summed E-state index contributed by atoms with van der Waals surface area (Å²) in [6.07, 6.45) is 1.55. The highest BCUT2D eigenvalue weighted by Gasteiger charge is 2.44. The lowest BCUT2D eigenvalue weighted by molar-refractivity contribution is -0.192. The van der Waals surface area contributed by atoms with Crippen LogP contribution < -0.4 is 27.0 Å². The fourth-order valence-corrected chi connectivity index (χ4v) is 8.19.